The molecule has 1 unspecified atom stereocenters. The molecule has 0 fully saturated rings. The van der Waals surface area contributed by atoms with Gasteiger partial charge in [0.15, 0.2) is 5.84 Å². The lowest BCUT2D eigenvalue weighted by atomic mass is 10.1. The fourth-order valence-electron chi connectivity index (χ4n) is 1.67. The Morgan fingerprint density at radius 3 is 2.83 bits per heavy atom. The third kappa shape index (κ3) is 4.33. The first-order chi connectivity index (χ1) is 8.56. The van der Waals surface area contributed by atoms with Crippen molar-refractivity contribution in [3.05, 3.63) is 35.1 Å². The summed E-state index contributed by atoms with van der Waals surface area (Å²) in [5, 5.41) is 11.4. The number of nitrogens with zero attached hydrogens (tertiary/aromatic N) is 1. The van der Waals surface area contributed by atoms with Crippen LogP contribution in [0.15, 0.2) is 23.4 Å². The van der Waals surface area contributed by atoms with E-state index in [1.165, 1.54) is 12.1 Å². The quantitative estimate of drug-likeness (QED) is 0.355. The van der Waals surface area contributed by atoms with Crippen molar-refractivity contribution in [1.29, 1.82) is 0 Å². The Bertz CT molecular complexity index is 421. The Labute approximate surface area is 106 Å². The molecule has 0 saturated heterocycles. The Hall–Kier alpha value is -1.62. The summed E-state index contributed by atoms with van der Waals surface area (Å²) in [5.41, 5.74) is 6.44. The molecule has 0 aliphatic carbocycles. The minimum Gasteiger partial charge on any atom is -0.409 e. The van der Waals surface area contributed by atoms with Gasteiger partial charge in [0.05, 0.1) is 12.7 Å². The molecular weight excluding hydrogens is 235 g/mol. The zero-order chi connectivity index (χ0) is 13.5. The van der Waals surface area contributed by atoms with Crippen molar-refractivity contribution < 1.29 is 14.3 Å². The van der Waals surface area contributed by atoms with E-state index in [0.717, 1.165) is 12.8 Å². The van der Waals surface area contributed by atoms with Crippen LogP contribution in [0.1, 0.15) is 37.8 Å². The summed E-state index contributed by atoms with van der Waals surface area (Å²) >= 11 is 0. The second-order valence-electron chi connectivity index (χ2n) is 4.24. The second-order valence-corrected chi connectivity index (χ2v) is 4.24. The van der Waals surface area contributed by atoms with Crippen LogP contribution in [0.3, 0.4) is 0 Å². The fourth-order valence-corrected chi connectivity index (χ4v) is 1.67. The molecule has 0 spiro atoms. The molecule has 5 heteroatoms. The van der Waals surface area contributed by atoms with Gasteiger partial charge < -0.3 is 15.7 Å². The monoisotopic (exact) mass is 254 g/mol. The van der Waals surface area contributed by atoms with Gasteiger partial charge >= 0.3 is 0 Å². The number of halogens is 1. The van der Waals surface area contributed by atoms with E-state index >= 15 is 0 Å². The highest BCUT2D eigenvalue weighted by molar-refractivity contribution is 5.97. The van der Waals surface area contributed by atoms with Crippen molar-refractivity contribution in [3.8, 4) is 0 Å². The summed E-state index contributed by atoms with van der Waals surface area (Å²) in [7, 11) is 0. The van der Waals surface area contributed by atoms with E-state index in [4.69, 9.17) is 15.7 Å². The molecule has 4 nitrogen and oxygen atoms in total. The van der Waals surface area contributed by atoms with Crippen LogP contribution < -0.4 is 5.73 Å². The van der Waals surface area contributed by atoms with Crippen LogP contribution in [0.2, 0.25) is 0 Å². The topological polar surface area (TPSA) is 67.8 Å². The van der Waals surface area contributed by atoms with Gasteiger partial charge in [0.1, 0.15) is 5.82 Å². The Kier molecular flexibility index (Phi) is 5.58. The van der Waals surface area contributed by atoms with Gasteiger partial charge in [0, 0.05) is 5.56 Å². The van der Waals surface area contributed by atoms with Gasteiger partial charge in [-0.3, -0.25) is 0 Å². The van der Waals surface area contributed by atoms with Crippen LogP contribution in [-0.4, -0.2) is 17.1 Å². The largest absolute Gasteiger partial charge is 0.409 e. The first-order valence-electron chi connectivity index (χ1n) is 5.95. The number of oxime groups is 1. The van der Waals surface area contributed by atoms with Gasteiger partial charge in [-0.2, -0.15) is 0 Å². The van der Waals surface area contributed by atoms with E-state index in [0.29, 0.717) is 17.7 Å². The molecule has 0 aromatic heterocycles. The minimum atomic E-state index is -0.430. The number of rotatable bonds is 6. The Balaban J connectivity index is 2.74. The van der Waals surface area contributed by atoms with Crippen LogP contribution in [0.5, 0.6) is 0 Å². The molecule has 0 amide bonds. The van der Waals surface area contributed by atoms with E-state index in [-0.39, 0.29) is 11.9 Å². The zero-order valence-electron chi connectivity index (χ0n) is 10.7. The van der Waals surface area contributed by atoms with Gasteiger partial charge in [-0.1, -0.05) is 18.5 Å². The molecule has 0 aliphatic heterocycles. The van der Waals surface area contributed by atoms with Crippen LogP contribution in [0.25, 0.3) is 0 Å². The van der Waals surface area contributed by atoms with Crippen molar-refractivity contribution in [2.24, 2.45) is 10.9 Å². The minimum absolute atomic E-state index is 0.114. The molecule has 1 aromatic rings. The maximum Gasteiger partial charge on any atom is 0.170 e. The molecule has 1 atom stereocenters. The maximum atomic E-state index is 13.3. The summed E-state index contributed by atoms with van der Waals surface area (Å²) in [6, 6.07) is 4.25. The zero-order valence-corrected chi connectivity index (χ0v) is 10.7. The van der Waals surface area contributed by atoms with E-state index in [1.807, 2.05) is 6.92 Å². The third-order valence-electron chi connectivity index (χ3n) is 2.59. The van der Waals surface area contributed by atoms with Gasteiger partial charge in [0.2, 0.25) is 0 Å². The Morgan fingerprint density at radius 2 is 2.22 bits per heavy atom. The van der Waals surface area contributed by atoms with E-state index in [9.17, 15) is 4.39 Å². The smallest absolute Gasteiger partial charge is 0.170 e. The molecule has 1 aromatic carbocycles. The molecule has 0 radical (unpaired) electrons. The highest BCUT2D eigenvalue weighted by Gasteiger charge is 2.07. The number of ether oxygens (including phenoxy) is 1. The van der Waals surface area contributed by atoms with E-state index in [2.05, 4.69) is 12.1 Å². The predicted molar refractivity (Wildman–Crippen MR) is 68.1 cm³/mol. The van der Waals surface area contributed by atoms with Crippen molar-refractivity contribution in [1.82, 2.24) is 0 Å². The van der Waals surface area contributed by atoms with Gasteiger partial charge in [-0.05, 0) is 37.1 Å². The van der Waals surface area contributed by atoms with Crippen LogP contribution >= 0.6 is 0 Å². The maximum absolute atomic E-state index is 13.3. The molecule has 3 N–H and O–H groups in total. The second kappa shape index (κ2) is 6.96. The molecule has 0 saturated carbocycles. The standard InChI is InChI=1S/C13H19FN2O2/c1-3-4-9(2)18-8-10-5-11(13(15)16-17)7-12(14)6-10/h5-7,9,17H,3-4,8H2,1-2H3,(H2,15,16). The summed E-state index contributed by atoms with van der Waals surface area (Å²) in [6.07, 6.45) is 2.13. The summed E-state index contributed by atoms with van der Waals surface area (Å²) in [5.74, 6) is -0.543. The van der Waals surface area contributed by atoms with E-state index in [1.54, 1.807) is 6.07 Å². The summed E-state index contributed by atoms with van der Waals surface area (Å²) < 4.78 is 18.9. The lowest BCUT2D eigenvalue weighted by Gasteiger charge is -2.12. The third-order valence-corrected chi connectivity index (χ3v) is 2.59. The average Bonchev–Trinajstić information content (AvgIpc) is 2.35. The first-order valence-corrected chi connectivity index (χ1v) is 5.95. The molecule has 0 bridgehead atoms. The number of hydrogen-bond acceptors (Lipinski definition) is 3. The van der Waals surface area contributed by atoms with Gasteiger partial charge in [0.25, 0.3) is 0 Å². The van der Waals surface area contributed by atoms with Gasteiger partial charge in [-0.15, -0.1) is 0 Å². The van der Waals surface area contributed by atoms with Crippen molar-refractivity contribution in [2.45, 2.75) is 39.4 Å². The molecule has 18 heavy (non-hydrogen) atoms. The highest BCUT2D eigenvalue weighted by Crippen LogP contribution is 2.12. The molecule has 0 heterocycles. The normalized spacial score (nSPS) is 13.6. The number of amidine groups is 1. The van der Waals surface area contributed by atoms with Crippen LogP contribution in [0.4, 0.5) is 4.39 Å². The lowest BCUT2D eigenvalue weighted by molar-refractivity contribution is 0.0470. The summed E-state index contributed by atoms with van der Waals surface area (Å²) in [6.45, 7) is 4.37. The summed E-state index contributed by atoms with van der Waals surface area (Å²) in [4.78, 5) is 0. The average molecular weight is 254 g/mol. The number of hydrogen-bond donors (Lipinski definition) is 2. The van der Waals surface area contributed by atoms with Crippen molar-refractivity contribution in [3.63, 3.8) is 0 Å². The molecule has 0 aliphatic rings. The fraction of sp³-hybridized carbons (Fsp3) is 0.462. The number of benzene rings is 1. The highest BCUT2D eigenvalue weighted by atomic mass is 19.1. The van der Waals surface area contributed by atoms with Crippen LogP contribution in [0, 0.1) is 5.82 Å². The molecule has 1 rings (SSSR count). The van der Waals surface area contributed by atoms with Crippen LogP contribution in [-0.2, 0) is 11.3 Å². The first kappa shape index (κ1) is 14.4. The van der Waals surface area contributed by atoms with E-state index < -0.39 is 5.82 Å². The number of nitrogens with two attached hydrogens (primary N) is 1. The van der Waals surface area contributed by atoms with Crippen molar-refractivity contribution >= 4 is 5.84 Å². The Morgan fingerprint density at radius 1 is 1.50 bits per heavy atom. The molecular formula is C13H19FN2O2. The predicted octanol–water partition coefficient (Wildman–Crippen LogP) is 2.63. The van der Waals surface area contributed by atoms with Gasteiger partial charge in [-0.25, -0.2) is 4.39 Å². The van der Waals surface area contributed by atoms with Crippen molar-refractivity contribution in [2.75, 3.05) is 0 Å². The SMILES string of the molecule is CCCC(C)OCc1cc(F)cc(/C(N)=N/O)c1. The lowest BCUT2D eigenvalue weighted by Crippen LogP contribution is -2.14. The molecule has 100 valence electrons.